The molecule has 2 aliphatic rings. The lowest BCUT2D eigenvalue weighted by molar-refractivity contribution is 0.121. The van der Waals surface area contributed by atoms with Crippen LogP contribution in [0.5, 0.6) is 0 Å². The van der Waals surface area contributed by atoms with E-state index in [0.29, 0.717) is 0 Å². The lowest BCUT2D eigenvalue weighted by atomic mass is 10.0. The molecule has 1 unspecified atom stereocenters. The van der Waals surface area contributed by atoms with Crippen LogP contribution in [-0.4, -0.2) is 60.6 Å². The van der Waals surface area contributed by atoms with Crippen molar-refractivity contribution in [1.29, 1.82) is 0 Å². The molecule has 0 N–H and O–H groups in total. The first-order valence-electron chi connectivity index (χ1n) is 5.36. The third kappa shape index (κ3) is 2.61. The van der Waals surface area contributed by atoms with Gasteiger partial charge in [0.2, 0.25) is 0 Å². The van der Waals surface area contributed by atoms with Gasteiger partial charge in [-0.05, 0) is 26.4 Å². The van der Waals surface area contributed by atoms with Crippen LogP contribution in [0.4, 0.5) is 0 Å². The van der Waals surface area contributed by atoms with Crippen LogP contribution in [-0.2, 0) is 0 Å². The van der Waals surface area contributed by atoms with Crippen LogP contribution in [0, 0.1) is 0 Å². The molecule has 2 saturated heterocycles. The predicted molar refractivity (Wildman–Crippen MR) is 59.4 cm³/mol. The van der Waals surface area contributed by atoms with E-state index >= 15 is 0 Å². The molecule has 2 heterocycles. The van der Waals surface area contributed by atoms with Gasteiger partial charge in [-0.25, -0.2) is 0 Å². The summed E-state index contributed by atoms with van der Waals surface area (Å²) in [6.07, 6.45) is 2.82. The normalized spacial score (nSPS) is 33.5. The number of rotatable bonds is 1. The van der Waals surface area contributed by atoms with E-state index in [1.807, 2.05) is 0 Å². The van der Waals surface area contributed by atoms with Crippen LogP contribution < -0.4 is 0 Å². The Morgan fingerprint density at radius 1 is 1.15 bits per heavy atom. The topological polar surface area (TPSA) is 6.48 Å². The molecule has 1 atom stereocenters. The Balaban J connectivity index is 1.83. The van der Waals surface area contributed by atoms with Crippen molar-refractivity contribution < 1.29 is 0 Å². The fourth-order valence-electron chi connectivity index (χ4n) is 2.38. The first-order chi connectivity index (χ1) is 6.36. The van der Waals surface area contributed by atoms with Crippen LogP contribution in [0.2, 0.25) is 0 Å². The van der Waals surface area contributed by atoms with Gasteiger partial charge < -0.3 is 4.90 Å². The van der Waals surface area contributed by atoms with Crippen LogP contribution in [0.1, 0.15) is 12.8 Å². The van der Waals surface area contributed by atoms with E-state index in [9.17, 15) is 0 Å². The van der Waals surface area contributed by atoms with Crippen LogP contribution in [0.3, 0.4) is 0 Å². The summed E-state index contributed by atoms with van der Waals surface area (Å²) in [7, 11) is 2.25. The van der Waals surface area contributed by atoms with Crippen molar-refractivity contribution in [3.8, 4) is 0 Å². The average molecular weight is 200 g/mol. The zero-order chi connectivity index (χ0) is 9.10. The Labute approximate surface area is 85.7 Å². The van der Waals surface area contributed by atoms with Gasteiger partial charge >= 0.3 is 0 Å². The van der Waals surface area contributed by atoms with E-state index in [1.54, 1.807) is 0 Å². The molecule has 0 aromatic rings. The Morgan fingerprint density at radius 2 is 1.92 bits per heavy atom. The highest BCUT2D eigenvalue weighted by Gasteiger charge is 2.24. The van der Waals surface area contributed by atoms with Gasteiger partial charge in [0.15, 0.2) is 0 Å². The van der Waals surface area contributed by atoms with Crippen molar-refractivity contribution in [2.45, 2.75) is 18.9 Å². The molecule has 2 fully saturated rings. The highest BCUT2D eigenvalue weighted by Crippen LogP contribution is 2.18. The minimum atomic E-state index is 0.861. The molecule has 13 heavy (non-hydrogen) atoms. The van der Waals surface area contributed by atoms with Gasteiger partial charge in [-0.2, -0.15) is 11.8 Å². The minimum Gasteiger partial charge on any atom is -0.305 e. The fraction of sp³-hybridized carbons (Fsp3) is 1.00. The summed E-state index contributed by atoms with van der Waals surface area (Å²) < 4.78 is 0. The van der Waals surface area contributed by atoms with Gasteiger partial charge in [0.25, 0.3) is 0 Å². The summed E-state index contributed by atoms with van der Waals surface area (Å²) in [6, 6.07) is 0.861. The van der Waals surface area contributed by atoms with Crippen LogP contribution in [0.25, 0.3) is 0 Å². The predicted octanol–water partition coefficient (Wildman–Crippen LogP) is 1.13. The first-order valence-corrected chi connectivity index (χ1v) is 6.52. The summed E-state index contributed by atoms with van der Waals surface area (Å²) in [5.41, 5.74) is 0. The number of piperidine rings is 1. The molecule has 0 aliphatic carbocycles. The molecule has 0 bridgehead atoms. The molecule has 3 heteroatoms. The molecule has 2 nitrogen and oxygen atoms in total. The Morgan fingerprint density at radius 3 is 2.62 bits per heavy atom. The molecule has 2 aliphatic heterocycles. The van der Waals surface area contributed by atoms with Crippen molar-refractivity contribution in [3.05, 3.63) is 0 Å². The van der Waals surface area contributed by atoms with E-state index < -0.39 is 0 Å². The Kier molecular flexibility index (Phi) is 3.52. The maximum Gasteiger partial charge on any atom is 0.0224 e. The summed E-state index contributed by atoms with van der Waals surface area (Å²) in [6.45, 7) is 5.25. The number of thioether (sulfide) groups is 1. The summed E-state index contributed by atoms with van der Waals surface area (Å²) >= 11 is 2.11. The molecule has 0 aromatic heterocycles. The summed E-state index contributed by atoms with van der Waals surface area (Å²) in [5.74, 6) is 2.69. The van der Waals surface area contributed by atoms with Gasteiger partial charge in [-0.3, -0.25) is 4.90 Å². The van der Waals surface area contributed by atoms with Crippen molar-refractivity contribution in [2.75, 3.05) is 44.7 Å². The zero-order valence-corrected chi connectivity index (χ0v) is 9.35. The second kappa shape index (κ2) is 4.67. The van der Waals surface area contributed by atoms with Crippen molar-refractivity contribution in [3.63, 3.8) is 0 Å². The number of hydrogen-bond donors (Lipinski definition) is 0. The Hall–Kier alpha value is 0.270. The van der Waals surface area contributed by atoms with E-state index in [-0.39, 0.29) is 0 Å². The van der Waals surface area contributed by atoms with E-state index in [2.05, 4.69) is 28.6 Å². The number of hydrogen-bond acceptors (Lipinski definition) is 3. The van der Waals surface area contributed by atoms with E-state index in [0.717, 1.165) is 6.04 Å². The van der Waals surface area contributed by atoms with Gasteiger partial charge in [-0.1, -0.05) is 0 Å². The second-order valence-electron chi connectivity index (χ2n) is 4.21. The van der Waals surface area contributed by atoms with Gasteiger partial charge in [0.1, 0.15) is 0 Å². The largest absolute Gasteiger partial charge is 0.305 e. The molecule has 0 saturated carbocycles. The average Bonchev–Trinajstić information content (AvgIpc) is 2.19. The van der Waals surface area contributed by atoms with Crippen LogP contribution in [0.15, 0.2) is 0 Å². The molecule has 2 rings (SSSR count). The number of nitrogens with zero attached hydrogens (tertiary/aromatic N) is 2. The Bertz CT molecular complexity index is 157. The minimum absolute atomic E-state index is 0.861. The maximum atomic E-state index is 2.70. The van der Waals surface area contributed by atoms with Crippen molar-refractivity contribution >= 4 is 11.8 Å². The van der Waals surface area contributed by atoms with E-state index in [4.69, 9.17) is 0 Å². The van der Waals surface area contributed by atoms with Gasteiger partial charge in [0, 0.05) is 37.2 Å². The third-order valence-corrected chi connectivity index (χ3v) is 4.10. The van der Waals surface area contributed by atoms with Gasteiger partial charge in [-0.15, -0.1) is 0 Å². The zero-order valence-electron chi connectivity index (χ0n) is 8.54. The first kappa shape index (κ1) is 9.81. The van der Waals surface area contributed by atoms with Crippen molar-refractivity contribution in [1.82, 2.24) is 9.80 Å². The van der Waals surface area contributed by atoms with E-state index in [1.165, 1.54) is 50.5 Å². The molecule has 0 spiro atoms. The smallest absolute Gasteiger partial charge is 0.0224 e. The number of likely N-dealkylation sites (N-methyl/N-ethyl adjacent to an activating group) is 1. The molecule has 76 valence electrons. The quantitative estimate of drug-likeness (QED) is 0.626. The monoisotopic (exact) mass is 200 g/mol. The molecule has 0 aromatic carbocycles. The van der Waals surface area contributed by atoms with Crippen molar-refractivity contribution in [2.24, 2.45) is 0 Å². The molecular formula is C10H20N2S. The summed E-state index contributed by atoms with van der Waals surface area (Å²) in [4.78, 5) is 5.18. The summed E-state index contributed by atoms with van der Waals surface area (Å²) in [5, 5.41) is 0. The highest BCUT2D eigenvalue weighted by atomic mass is 32.2. The van der Waals surface area contributed by atoms with Gasteiger partial charge in [0.05, 0.1) is 0 Å². The second-order valence-corrected chi connectivity index (χ2v) is 5.43. The SMILES string of the molecule is CN1CCCC(N2CCSCC2)C1. The lowest BCUT2D eigenvalue weighted by Gasteiger charge is -2.39. The molecule has 0 radical (unpaired) electrons. The van der Waals surface area contributed by atoms with Crippen LogP contribution >= 0.6 is 11.8 Å². The highest BCUT2D eigenvalue weighted by molar-refractivity contribution is 7.99. The lowest BCUT2D eigenvalue weighted by Crippen LogP contribution is -2.49. The maximum absolute atomic E-state index is 2.70. The number of likely N-dealkylation sites (tertiary alicyclic amines) is 1. The molecule has 0 amide bonds. The standard InChI is InChI=1S/C10H20N2S/c1-11-4-2-3-10(9-11)12-5-7-13-8-6-12/h10H,2-9H2,1H3. The molecular weight excluding hydrogens is 180 g/mol. The fourth-order valence-corrected chi connectivity index (χ4v) is 3.31. The third-order valence-electron chi connectivity index (χ3n) is 3.16.